The molecule has 162 valence electrons. The number of benzene rings is 1. The zero-order valence-electron chi connectivity index (χ0n) is 18.5. The number of nitrogens with one attached hydrogen (secondary N) is 1. The normalized spacial score (nSPS) is 29.9. The number of aromatic nitrogens is 2. The van der Waals surface area contributed by atoms with Crippen molar-refractivity contribution in [3.8, 4) is 0 Å². The van der Waals surface area contributed by atoms with Gasteiger partial charge in [0.25, 0.3) is 5.91 Å². The van der Waals surface area contributed by atoms with Gasteiger partial charge in [0.2, 0.25) is 0 Å². The Hall–Kier alpha value is -2.14. The van der Waals surface area contributed by atoms with E-state index in [0.717, 1.165) is 54.8 Å². The molecule has 4 fully saturated rings. The molecule has 0 radical (unpaired) electrons. The molecule has 0 spiro atoms. The first kappa shape index (κ1) is 19.5. The number of hydrogen-bond acceptors (Lipinski definition) is 2. The molecule has 3 aromatic rings. The van der Waals surface area contributed by atoms with Crippen LogP contribution in [0.15, 0.2) is 35.5 Å². The van der Waals surface area contributed by atoms with Crippen molar-refractivity contribution < 1.29 is 4.79 Å². The van der Waals surface area contributed by atoms with Crippen molar-refractivity contribution in [2.75, 3.05) is 0 Å². The highest BCUT2D eigenvalue weighted by Crippen LogP contribution is 2.60. The average molecular weight is 434 g/mol. The number of aromatic amines is 1. The van der Waals surface area contributed by atoms with Crippen molar-refractivity contribution in [3.63, 3.8) is 0 Å². The van der Waals surface area contributed by atoms with E-state index in [9.17, 15) is 4.79 Å². The predicted molar refractivity (Wildman–Crippen MR) is 125 cm³/mol. The number of rotatable bonds is 4. The summed E-state index contributed by atoms with van der Waals surface area (Å²) in [4.78, 5) is 23.9. The standard InChI is InChI=1S/C26H31N3OS/c1-16-17(2)31-25(29(16)8-7-21-15-27-23-6-4-3-5-22(21)23)28-24(30)26-12-18-9-19(13-26)11-20(10-18)14-26/h3-6,15,18-20,27H,7-14H2,1-2H3/b28-25-. The van der Waals surface area contributed by atoms with Crippen LogP contribution >= 0.6 is 11.3 Å². The van der Waals surface area contributed by atoms with Gasteiger partial charge in [-0.2, -0.15) is 4.99 Å². The molecule has 4 aliphatic carbocycles. The smallest absolute Gasteiger partial charge is 0.254 e. The van der Waals surface area contributed by atoms with E-state index >= 15 is 0 Å². The van der Waals surface area contributed by atoms with Gasteiger partial charge in [-0.3, -0.25) is 4.79 Å². The highest BCUT2D eigenvalue weighted by Gasteiger charge is 2.54. The van der Waals surface area contributed by atoms with E-state index in [4.69, 9.17) is 4.99 Å². The van der Waals surface area contributed by atoms with Crippen molar-refractivity contribution in [3.05, 3.63) is 51.4 Å². The van der Waals surface area contributed by atoms with Crippen molar-refractivity contribution in [2.45, 2.75) is 65.3 Å². The fourth-order valence-corrected chi connectivity index (χ4v) is 8.09. The summed E-state index contributed by atoms with van der Waals surface area (Å²) in [6.45, 7) is 5.16. The lowest BCUT2D eigenvalue weighted by molar-refractivity contribution is -0.142. The minimum atomic E-state index is -0.158. The Morgan fingerprint density at radius 1 is 1.13 bits per heavy atom. The van der Waals surface area contributed by atoms with Crippen molar-refractivity contribution in [2.24, 2.45) is 28.2 Å². The first-order chi connectivity index (χ1) is 15.0. The number of aryl methyl sites for hydroxylation is 2. The molecule has 4 bridgehead atoms. The quantitative estimate of drug-likeness (QED) is 0.577. The summed E-state index contributed by atoms with van der Waals surface area (Å²) in [6, 6.07) is 8.46. The van der Waals surface area contributed by atoms with Crippen LogP contribution in [-0.2, 0) is 17.8 Å². The summed E-state index contributed by atoms with van der Waals surface area (Å²) < 4.78 is 2.28. The number of carbonyl (C=O) groups excluding carboxylic acids is 1. The molecule has 7 rings (SSSR count). The third kappa shape index (κ3) is 3.24. The lowest BCUT2D eigenvalue weighted by Crippen LogP contribution is -2.50. The maximum Gasteiger partial charge on any atom is 0.254 e. The first-order valence-electron chi connectivity index (χ1n) is 11.8. The van der Waals surface area contributed by atoms with Crippen LogP contribution in [0.1, 0.15) is 54.7 Å². The number of para-hydroxylation sites is 1. The maximum absolute atomic E-state index is 13.6. The molecule has 2 aromatic heterocycles. The number of carbonyl (C=O) groups is 1. The SMILES string of the molecule is Cc1s/c(=N\C(=O)C23CC4CC(CC(C4)C2)C3)n(CCc2c[nH]c3ccccc23)c1C. The molecule has 4 saturated carbocycles. The summed E-state index contributed by atoms with van der Waals surface area (Å²) in [7, 11) is 0. The second-order valence-corrected chi connectivity index (χ2v) is 11.6. The molecule has 4 nitrogen and oxygen atoms in total. The molecule has 31 heavy (non-hydrogen) atoms. The molecular weight excluding hydrogens is 402 g/mol. The molecule has 1 aromatic carbocycles. The van der Waals surface area contributed by atoms with Crippen LogP contribution < -0.4 is 4.80 Å². The fraction of sp³-hybridized carbons (Fsp3) is 0.538. The topological polar surface area (TPSA) is 50.1 Å². The molecular formula is C26H31N3OS. The Kier molecular flexibility index (Phi) is 4.53. The van der Waals surface area contributed by atoms with Crippen molar-refractivity contribution >= 4 is 28.1 Å². The Morgan fingerprint density at radius 3 is 2.52 bits per heavy atom. The molecule has 0 aliphatic heterocycles. The predicted octanol–water partition coefficient (Wildman–Crippen LogP) is 5.53. The van der Waals surface area contributed by atoms with Gasteiger partial charge in [-0.1, -0.05) is 18.2 Å². The van der Waals surface area contributed by atoms with Crippen LogP contribution in [0, 0.1) is 37.0 Å². The number of amides is 1. The monoisotopic (exact) mass is 433 g/mol. The van der Waals surface area contributed by atoms with E-state index in [1.165, 1.54) is 46.3 Å². The summed E-state index contributed by atoms with van der Waals surface area (Å²) in [6.07, 6.45) is 10.4. The van der Waals surface area contributed by atoms with E-state index in [-0.39, 0.29) is 11.3 Å². The molecule has 0 unspecified atom stereocenters. The van der Waals surface area contributed by atoms with Crippen LogP contribution in [0.3, 0.4) is 0 Å². The van der Waals surface area contributed by atoms with Crippen LogP contribution in [-0.4, -0.2) is 15.5 Å². The molecule has 1 N–H and O–H groups in total. The van der Waals surface area contributed by atoms with E-state index in [1.54, 1.807) is 11.3 Å². The number of fused-ring (bicyclic) bond motifs is 1. The molecule has 0 atom stereocenters. The van der Waals surface area contributed by atoms with Gasteiger partial charge in [-0.05, 0) is 88.2 Å². The number of hydrogen-bond donors (Lipinski definition) is 1. The molecule has 5 heteroatoms. The summed E-state index contributed by atoms with van der Waals surface area (Å²) >= 11 is 1.68. The van der Waals surface area contributed by atoms with E-state index < -0.39 is 0 Å². The fourth-order valence-electron chi connectivity index (χ4n) is 7.09. The number of nitrogens with zero attached hydrogens (tertiary/aromatic N) is 2. The molecule has 4 aliphatic rings. The third-order valence-electron chi connectivity index (χ3n) is 8.36. The zero-order chi connectivity index (χ0) is 21.2. The van der Waals surface area contributed by atoms with Gasteiger partial charge >= 0.3 is 0 Å². The second kappa shape index (κ2) is 7.19. The van der Waals surface area contributed by atoms with Crippen LogP contribution in [0.4, 0.5) is 0 Å². The third-order valence-corrected chi connectivity index (χ3v) is 9.45. The molecule has 0 saturated heterocycles. The molecule has 1 amide bonds. The Bertz CT molecular complexity index is 1190. The number of thiazole rings is 1. The largest absolute Gasteiger partial charge is 0.361 e. The molecule has 2 heterocycles. The van der Waals surface area contributed by atoms with Gasteiger partial charge in [0.05, 0.1) is 5.41 Å². The Morgan fingerprint density at radius 2 is 1.81 bits per heavy atom. The highest BCUT2D eigenvalue weighted by atomic mass is 32.1. The van der Waals surface area contributed by atoms with Gasteiger partial charge in [0, 0.05) is 34.2 Å². The maximum atomic E-state index is 13.6. The highest BCUT2D eigenvalue weighted by molar-refractivity contribution is 7.09. The number of H-pyrrole nitrogens is 1. The lowest BCUT2D eigenvalue weighted by atomic mass is 9.49. The lowest BCUT2D eigenvalue weighted by Gasteiger charge is -2.55. The Labute approximate surface area is 187 Å². The second-order valence-electron chi connectivity index (χ2n) is 10.4. The van der Waals surface area contributed by atoms with Gasteiger partial charge in [-0.25, -0.2) is 0 Å². The van der Waals surface area contributed by atoms with Crippen molar-refractivity contribution in [1.82, 2.24) is 9.55 Å². The van der Waals surface area contributed by atoms with Crippen LogP contribution in [0.2, 0.25) is 0 Å². The summed E-state index contributed by atoms with van der Waals surface area (Å²) in [5.41, 5.74) is 3.59. The zero-order valence-corrected chi connectivity index (χ0v) is 19.3. The van der Waals surface area contributed by atoms with Gasteiger partial charge in [0.15, 0.2) is 4.80 Å². The Balaban J connectivity index is 1.30. The van der Waals surface area contributed by atoms with Crippen LogP contribution in [0.25, 0.3) is 10.9 Å². The average Bonchev–Trinajstić information content (AvgIpc) is 3.26. The van der Waals surface area contributed by atoms with E-state index in [0.29, 0.717) is 0 Å². The summed E-state index contributed by atoms with van der Waals surface area (Å²) in [5.74, 6) is 2.48. The first-order valence-corrected chi connectivity index (χ1v) is 12.6. The van der Waals surface area contributed by atoms with Gasteiger partial charge < -0.3 is 9.55 Å². The van der Waals surface area contributed by atoms with Gasteiger partial charge in [0.1, 0.15) is 0 Å². The van der Waals surface area contributed by atoms with E-state index in [1.807, 2.05) is 0 Å². The van der Waals surface area contributed by atoms with Crippen molar-refractivity contribution in [1.29, 1.82) is 0 Å². The van der Waals surface area contributed by atoms with Crippen LogP contribution in [0.5, 0.6) is 0 Å². The minimum absolute atomic E-state index is 0.158. The van der Waals surface area contributed by atoms with E-state index in [2.05, 4.69) is 53.9 Å². The summed E-state index contributed by atoms with van der Waals surface area (Å²) in [5, 5.41) is 1.29. The van der Waals surface area contributed by atoms with Gasteiger partial charge in [-0.15, -0.1) is 11.3 Å². The minimum Gasteiger partial charge on any atom is -0.361 e.